The van der Waals surface area contributed by atoms with Crippen molar-refractivity contribution in [1.82, 2.24) is 15.3 Å². The van der Waals surface area contributed by atoms with Crippen LogP contribution in [-0.4, -0.2) is 52.0 Å². The van der Waals surface area contributed by atoms with Crippen LogP contribution in [0.2, 0.25) is 0 Å². The Hall–Kier alpha value is -2.78. The zero-order chi connectivity index (χ0) is 21.8. The molecule has 2 unspecified atom stereocenters. The first kappa shape index (κ1) is 20.1. The summed E-state index contributed by atoms with van der Waals surface area (Å²) >= 11 is 0. The number of piperazine rings is 1. The summed E-state index contributed by atoms with van der Waals surface area (Å²) in [5.41, 5.74) is -0.608. The van der Waals surface area contributed by atoms with Crippen LogP contribution in [0.3, 0.4) is 0 Å². The van der Waals surface area contributed by atoms with Gasteiger partial charge in [0.15, 0.2) is 22.5 Å². The van der Waals surface area contributed by atoms with Crippen molar-refractivity contribution in [2.45, 2.75) is 50.5 Å². The molecule has 164 valence electrons. The number of aromatic nitrogens is 2. The number of alkyl halides is 2. The van der Waals surface area contributed by atoms with Crippen molar-refractivity contribution >= 4 is 17.1 Å². The number of pyridine rings is 1. The molecular weight excluding hydrogens is 406 g/mol. The topological polar surface area (TPSA) is 83.7 Å². The Balaban J connectivity index is 1.61. The van der Waals surface area contributed by atoms with Crippen LogP contribution in [-0.2, 0) is 0 Å². The Kier molecular flexibility index (Phi) is 4.63. The largest absolute Gasteiger partial charge is 0.428 e. The van der Waals surface area contributed by atoms with Gasteiger partial charge in [-0.1, -0.05) is 6.07 Å². The van der Waals surface area contributed by atoms with Gasteiger partial charge in [-0.2, -0.15) is 13.8 Å². The maximum Gasteiger partial charge on any atom is 0.426 e. The number of ether oxygens (including phenoxy) is 1. The van der Waals surface area contributed by atoms with Crippen molar-refractivity contribution < 1.29 is 23.0 Å². The van der Waals surface area contributed by atoms with Crippen molar-refractivity contribution in [2.24, 2.45) is 0 Å². The molecule has 31 heavy (non-hydrogen) atoms. The van der Waals surface area contributed by atoms with E-state index in [9.17, 15) is 13.9 Å². The van der Waals surface area contributed by atoms with E-state index in [1.54, 1.807) is 18.3 Å². The lowest BCUT2D eigenvalue weighted by atomic mass is 10.1. The number of hydrogen-bond donors (Lipinski definition) is 2. The second-order valence-corrected chi connectivity index (χ2v) is 8.72. The summed E-state index contributed by atoms with van der Waals surface area (Å²) in [6.07, 6.45) is 0.0124. The summed E-state index contributed by atoms with van der Waals surface area (Å²) in [5.74, 6) is -0.157. The maximum atomic E-state index is 14.5. The minimum Gasteiger partial charge on any atom is -0.428 e. The van der Waals surface area contributed by atoms with Crippen LogP contribution in [0.25, 0.3) is 22.4 Å². The van der Waals surface area contributed by atoms with Gasteiger partial charge in [-0.3, -0.25) is 4.98 Å². The molecule has 7 nitrogen and oxygen atoms in total. The van der Waals surface area contributed by atoms with Gasteiger partial charge in [0.05, 0.1) is 5.69 Å². The fourth-order valence-electron chi connectivity index (χ4n) is 4.13. The summed E-state index contributed by atoms with van der Waals surface area (Å²) in [6, 6.07) is 9.58. The number of aliphatic hydroxyl groups is 1. The third kappa shape index (κ3) is 3.61. The highest BCUT2D eigenvalue weighted by molar-refractivity contribution is 5.94. The lowest BCUT2D eigenvalue weighted by Crippen LogP contribution is -2.51. The number of benzene rings is 1. The van der Waals surface area contributed by atoms with Gasteiger partial charge in [-0.05, 0) is 51.0 Å². The number of rotatable bonds is 5. The molecule has 1 aromatic carbocycles. The van der Waals surface area contributed by atoms with Gasteiger partial charge < -0.3 is 24.5 Å². The molecule has 0 amide bonds. The second kappa shape index (κ2) is 7.13. The summed E-state index contributed by atoms with van der Waals surface area (Å²) < 4.78 is 40.0. The van der Waals surface area contributed by atoms with E-state index in [0.717, 1.165) is 39.8 Å². The van der Waals surface area contributed by atoms with Gasteiger partial charge in [0.2, 0.25) is 0 Å². The molecule has 2 N–H and O–H groups in total. The average molecular weight is 430 g/mol. The zero-order valence-electron chi connectivity index (χ0n) is 17.3. The fourth-order valence-corrected chi connectivity index (χ4v) is 4.13. The van der Waals surface area contributed by atoms with Crippen molar-refractivity contribution in [3.05, 3.63) is 36.5 Å². The van der Waals surface area contributed by atoms with Crippen molar-refractivity contribution in [3.63, 3.8) is 0 Å². The standard InChI is InChI=1S/C22H24F2N4O3/c1-21(2,29)22(23,24)31-17-9-8-15(16-5-3-4-10-25-16)19-18(17)27-20(30-19)28-11-13-6-7-14(12-28)26-13/h3-5,8-10,13-14,26,29H,6-7,11-12H2,1-2H3. The number of anilines is 1. The summed E-state index contributed by atoms with van der Waals surface area (Å²) in [4.78, 5) is 10.9. The van der Waals surface area contributed by atoms with Crippen LogP contribution in [0.15, 0.2) is 40.9 Å². The van der Waals surface area contributed by atoms with E-state index in [2.05, 4.69) is 15.3 Å². The summed E-state index contributed by atoms with van der Waals surface area (Å²) in [7, 11) is 0. The van der Waals surface area contributed by atoms with E-state index in [1.165, 1.54) is 6.07 Å². The first-order chi connectivity index (χ1) is 14.7. The van der Waals surface area contributed by atoms with E-state index >= 15 is 0 Å². The molecule has 5 rings (SSSR count). The van der Waals surface area contributed by atoms with Gasteiger partial charge in [0, 0.05) is 36.9 Å². The summed E-state index contributed by atoms with van der Waals surface area (Å²) in [6.45, 7) is 3.46. The quantitative estimate of drug-likeness (QED) is 0.640. The normalized spacial score (nSPS) is 21.6. The number of hydrogen-bond acceptors (Lipinski definition) is 7. The number of nitrogens with one attached hydrogen (secondary N) is 1. The van der Waals surface area contributed by atoms with Gasteiger partial charge in [-0.15, -0.1) is 0 Å². The first-order valence-electron chi connectivity index (χ1n) is 10.4. The predicted molar refractivity (Wildman–Crippen MR) is 111 cm³/mol. The second-order valence-electron chi connectivity index (χ2n) is 8.72. The Morgan fingerprint density at radius 3 is 2.55 bits per heavy atom. The molecule has 2 aliphatic heterocycles. The molecule has 4 heterocycles. The van der Waals surface area contributed by atoms with Crippen molar-refractivity contribution in [2.75, 3.05) is 18.0 Å². The van der Waals surface area contributed by atoms with Gasteiger partial charge in [-0.25, -0.2) is 0 Å². The first-order valence-corrected chi connectivity index (χ1v) is 10.4. The highest BCUT2D eigenvalue weighted by atomic mass is 19.3. The van der Waals surface area contributed by atoms with Gasteiger partial charge in [0.25, 0.3) is 6.01 Å². The Morgan fingerprint density at radius 2 is 1.90 bits per heavy atom. The van der Waals surface area contributed by atoms with Crippen LogP contribution in [0, 0.1) is 0 Å². The van der Waals surface area contributed by atoms with E-state index in [-0.39, 0.29) is 11.3 Å². The molecule has 2 aliphatic rings. The molecule has 0 saturated carbocycles. The van der Waals surface area contributed by atoms with E-state index in [0.29, 0.717) is 34.9 Å². The molecule has 2 fully saturated rings. The maximum absolute atomic E-state index is 14.5. The number of oxazole rings is 1. The number of halogens is 2. The van der Waals surface area contributed by atoms with Crippen molar-refractivity contribution in [1.29, 1.82) is 0 Å². The molecule has 0 radical (unpaired) electrons. The van der Waals surface area contributed by atoms with Crippen LogP contribution < -0.4 is 15.0 Å². The third-order valence-electron chi connectivity index (χ3n) is 5.87. The lowest BCUT2D eigenvalue weighted by Gasteiger charge is -2.31. The Morgan fingerprint density at radius 1 is 1.16 bits per heavy atom. The van der Waals surface area contributed by atoms with E-state index < -0.39 is 11.7 Å². The highest BCUT2D eigenvalue weighted by Crippen LogP contribution is 2.40. The average Bonchev–Trinajstić information content (AvgIpc) is 3.31. The molecule has 0 aliphatic carbocycles. The molecule has 0 spiro atoms. The smallest absolute Gasteiger partial charge is 0.426 e. The molecular formula is C22H24F2N4O3. The predicted octanol–water partition coefficient (Wildman–Crippen LogP) is 3.57. The van der Waals surface area contributed by atoms with Gasteiger partial charge >= 0.3 is 6.11 Å². The van der Waals surface area contributed by atoms with Crippen LogP contribution >= 0.6 is 0 Å². The molecule has 3 aromatic rings. The number of fused-ring (bicyclic) bond motifs is 3. The Labute approximate surface area is 178 Å². The fraction of sp³-hybridized carbons (Fsp3) is 0.455. The molecule has 2 bridgehead atoms. The minimum atomic E-state index is -3.82. The number of nitrogens with zero attached hydrogens (tertiary/aromatic N) is 3. The van der Waals surface area contributed by atoms with E-state index in [4.69, 9.17) is 9.15 Å². The third-order valence-corrected chi connectivity index (χ3v) is 5.87. The molecule has 2 aromatic heterocycles. The van der Waals surface area contributed by atoms with Crippen LogP contribution in [0.4, 0.5) is 14.8 Å². The van der Waals surface area contributed by atoms with Crippen LogP contribution in [0.1, 0.15) is 26.7 Å². The van der Waals surface area contributed by atoms with Crippen LogP contribution in [0.5, 0.6) is 5.75 Å². The minimum absolute atomic E-state index is 0.157. The molecule has 2 atom stereocenters. The van der Waals surface area contributed by atoms with Crippen molar-refractivity contribution in [3.8, 4) is 17.0 Å². The summed E-state index contributed by atoms with van der Waals surface area (Å²) in [5, 5.41) is 13.4. The Bertz CT molecular complexity index is 1090. The lowest BCUT2D eigenvalue weighted by molar-refractivity contribution is -0.275. The highest BCUT2D eigenvalue weighted by Gasteiger charge is 2.49. The molecule has 9 heteroatoms. The van der Waals surface area contributed by atoms with E-state index in [1.807, 2.05) is 17.0 Å². The monoisotopic (exact) mass is 430 g/mol. The van der Waals surface area contributed by atoms with Gasteiger partial charge in [0.1, 0.15) is 0 Å². The zero-order valence-corrected chi connectivity index (χ0v) is 17.3. The molecule has 2 saturated heterocycles. The SMILES string of the molecule is CC(C)(O)C(F)(F)Oc1ccc(-c2ccccn2)c2oc(N3CC4CCC(C3)N4)nc12.